The molecule has 0 fully saturated rings. The van der Waals surface area contributed by atoms with E-state index in [0.29, 0.717) is 6.54 Å². The number of H-pyrrole nitrogens is 1. The summed E-state index contributed by atoms with van der Waals surface area (Å²) in [5.41, 5.74) is 3.64. The fourth-order valence-electron chi connectivity index (χ4n) is 2.61. The number of amides is 1. The molecule has 0 radical (unpaired) electrons. The molecule has 18 heavy (non-hydrogen) atoms. The number of fused-ring (bicyclic) bond motifs is 3. The van der Waals surface area contributed by atoms with Gasteiger partial charge in [0, 0.05) is 41.7 Å². The van der Waals surface area contributed by atoms with Crippen LogP contribution in [0.4, 0.5) is 0 Å². The van der Waals surface area contributed by atoms with Crippen molar-refractivity contribution in [3.05, 3.63) is 35.5 Å². The molecule has 1 N–H and O–H groups in total. The van der Waals surface area contributed by atoms with Crippen LogP contribution in [-0.4, -0.2) is 27.7 Å². The van der Waals surface area contributed by atoms with Crippen molar-refractivity contribution in [1.29, 1.82) is 0 Å². The summed E-state index contributed by atoms with van der Waals surface area (Å²) in [5.74, 6) is 0.0209. The molecule has 1 aliphatic heterocycles. The number of nitrogens with one attached hydrogen (secondary N) is 1. The molecule has 0 bridgehead atoms. The van der Waals surface area contributed by atoms with Gasteiger partial charge in [-0.3, -0.25) is 4.79 Å². The van der Waals surface area contributed by atoms with E-state index in [1.807, 2.05) is 17.0 Å². The monoisotopic (exact) mass is 262 g/mol. The van der Waals surface area contributed by atoms with Crippen LogP contribution >= 0.6 is 11.6 Å². The van der Waals surface area contributed by atoms with Gasteiger partial charge in [-0.2, -0.15) is 0 Å². The van der Waals surface area contributed by atoms with E-state index in [4.69, 9.17) is 11.6 Å². The lowest BCUT2D eigenvalue weighted by molar-refractivity contribution is -0.131. The second kappa shape index (κ2) is 4.32. The minimum Gasteiger partial charge on any atom is -0.358 e. The largest absolute Gasteiger partial charge is 0.358 e. The van der Waals surface area contributed by atoms with E-state index >= 15 is 0 Å². The van der Waals surface area contributed by atoms with Crippen LogP contribution in [-0.2, 0) is 17.8 Å². The Bertz CT molecular complexity index is 603. The van der Waals surface area contributed by atoms with Gasteiger partial charge < -0.3 is 9.88 Å². The highest BCUT2D eigenvalue weighted by atomic mass is 35.5. The fourth-order valence-corrected chi connectivity index (χ4v) is 2.74. The molecule has 2 heterocycles. The average molecular weight is 263 g/mol. The van der Waals surface area contributed by atoms with Crippen LogP contribution < -0.4 is 0 Å². The number of aromatic amines is 1. The van der Waals surface area contributed by atoms with Gasteiger partial charge in [-0.15, -0.1) is 11.6 Å². The highest BCUT2D eigenvalue weighted by Gasteiger charge is 2.25. The summed E-state index contributed by atoms with van der Waals surface area (Å²) in [7, 11) is 0. The van der Waals surface area contributed by atoms with Crippen LogP contribution in [0.25, 0.3) is 10.9 Å². The van der Waals surface area contributed by atoms with Crippen molar-refractivity contribution in [1.82, 2.24) is 9.88 Å². The number of carbonyl (C=O) groups is 1. The maximum atomic E-state index is 11.9. The molecule has 1 amide bonds. The number of carbonyl (C=O) groups excluding carboxylic acids is 1. The van der Waals surface area contributed by atoms with Gasteiger partial charge in [-0.25, -0.2) is 0 Å². The third-order valence-electron chi connectivity index (χ3n) is 3.53. The molecule has 0 saturated carbocycles. The van der Waals surface area contributed by atoms with Crippen molar-refractivity contribution < 1.29 is 4.79 Å². The number of halogens is 1. The zero-order valence-corrected chi connectivity index (χ0v) is 11.0. The SMILES string of the molecule is CC(Cl)C(=O)N1CCc2[nH]c3ccccc3c2C1. The van der Waals surface area contributed by atoms with Gasteiger partial charge >= 0.3 is 0 Å². The molecule has 1 aromatic heterocycles. The number of nitrogens with zero attached hydrogens (tertiary/aromatic N) is 1. The Hall–Kier alpha value is -1.48. The van der Waals surface area contributed by atoms with Crippen LogP contribution in [0.1, 0.15) is 18.2 Å². The minimum atomic E-state index is -0.447. The summed E-state index contributed by atoms with van der Waals surface area (Å²) in [6.07, 6.45) is 0.874. The summed E-state index contributed by atoms with van der Waals surface area (Å²) >= 11 is 5.88. The van der Waals surface area contributed by atoms with Crippen LogP contribution in [0, 0.1) is 0 Å². The van der Waals surface area contributed by atoms with Crippen LogP contribution in [0.15, 0.2) is 24.3 Å². The summed E-state index contributed by atoms with van der Waals surface area (Å²) in [4.78, 5) is 17.2. The Morgan fingerprint density at radius 3 is 3.00 bits per heavy atom. The maximum absolute atomic E-state index is 11.9. The molecule has 94 valence electrons. The first-order valence-electron chi connectivity index (χ1n) is 6.18. The van der Waals surface area contributed by atoms with Gasteiger partial charge in [-0.05, 0) is 13.0 Å². The zero-order chi connectivity index (χ0) is 12.7. The third kappa shape index (κ3) is 1.79. The number of hydrogen-bond acceptors (Lipinski definition) is 1. The molecular formula is C14H15ClN2O. The van der Waals surface area contributed by atoms with E-state index in [1.165, 1.54) is 16.6 Å². The quantitative estimate of drug-likeness (QED) is 0.788. The molecule has 4 heteroatoms. The number of benzene rings is 1. The van der Waals surface area contributed by atoms with E-state index in [0.717, 1.165) is 18.5 Å². The minimum absolute atomic E-state index is 0.0209. The van der Waals surface area contributed by atoms with E-state index in [1.54, 1.807) is 6.92 Å². The molecule has 1 unspecified atom stereocenters. The summed E-state index contributed by atoms with van der Waals surface area (Å²) < 4.78 is 0. The highest BCUT2D eigenvalue weighted by molar-refractivity contribution is 6.30. The zero-order valence-electron chi connectivity index (χ0n) is 10.2. The molecule has 1 aliphatic rings. The van der Waals surface area contributed by atoms with Crippen molar-refractivity contribution in [2.45, 2.75) is 25.3 Å². The predicted octanol–water partition coefficient (Wildman–Crippen LogP) is 2.68. The topological polar surface area (TPSA) is 36.1 Å². The lowest BCUT2D eigenvalue weighted by Crippen LogP contribution is -2.39. The fraction of sp³-hybridized carbons (Fsp3) is 0.357. The smallest absolute Gasteiger partial charge is 0.240 e. The average Bonchev–Trinajstić information content (AvgIpc) is 2.75. The lowest BCUT2D eigenvalue weighted by atomic mass is 10.0. The van der Waals surface area contributed by atoms with Gasteiger partial charge in [-0.1, -0.05) is 18.2 Å². The molecule has 0 aliphatic carbocycles. The Morgan fingerprint density at radius 1 is 1.44 bits per heavy atom. The Balaban J connectivity index is 1.99. The molecule has 0 spiro atoms. The Morgan fingerprint density at radius 2 is 2.22 bits per heavy atom. The van der Waals surface area contributed by atoms with Crippen LogP contribution in [0.2, 0.25) is 0 Å². The number of para-hydroxylation sites is 1. The third-order valence-corrected chi connectivity index (χ3v) is 3.72. The normalized spacial score (nSPS) is 16.7. The molecule has 1 aromatic carbocycles. The van der Waals surface area contributed by atoms with Crippen molar-refractivity contribution in [2.24, 2.45) is 0 Å². The Labute approximate surface area is 111 Å². The number of aromatic nitrogens is 1. The first-order chi connectivity index (χ1) is 8.66. The van der Waals surface area contributed by atoms with Gasteiger partial charge in [0.2, 0.25) is 5.91 Å². The Kier molecular flexibility index (Phi) is 2.78. The van der Waals surface area contributed by atoms with Gasteiger partial charge in [0.25, 0.3) is 0 Å². The molecule has 3 rings (SSSR count). The first-order valence-corrected chi connectivity index (χ1v) is 6.62. The summed E-state index contributed by atoms with van der Waals surface area (Å²) in [5, 5.41) is 0.768. The van der Waals surface area contributed by atoms with Gasteiger partial charge in [0.1, 0.15) is 5.38 Å². The van der Waals surface area contributed by atoms with Gasteiger partial charge in [0.05, 0.1) is 0 Å². The van der Waals surface area contributed by atoms with Crippen molar-refractivity contribution in [3.63, 3.8) is 0 Å². The number of hydrogen-bond donors (Lipinski definition) is 1. The second-order valence-corrected chi connectivity index (χ2v) is 5.41. The first kappa shape index (κ1) is 11.6. The van der Waals surface area contributed by atoms with Gasteiger partial charge in [0.15, 0.2) is 0 Å². The number of alkyl halides is 1. The standard InChI is InChI=1S/C14H15ClN2O/c1-9(15)14(18)17-7-6-13-11(8-17)10-4-2-3-5-12(10)16-13/h2-5,9,16H,6-8H2,1H3. The highest BCUT2D eigenvalue weighted by Crippen LogP contribution is 2.27. The van der Waals surface area contributed by atoms with E-state index in [9.17, 15) is 4.79 Å². The van der Waals surface area contributed by atoms with Crippen molar-refractivity contribution >= 4 is 28.4 Å². The second-order valence-electron chi connectivity index (χ2n) is 4.75. The van der Waals surface area contributed by atoms with E-state index in [-0.39, 0.29) is 5.91 Å². The van der Waals surface area contributed by atoms with Crippen LogP contribution in [0.5, 0.6) is 0 Å². The summed E-state index contributed by atoms with van der Waals surface area (Å²) in [6, 6.07) is 8.22. The molecule has 1 atom stereocenters. The van der Waals surface area contributed by atoms with Crippen molar-refractivity contribution in [3.8, 4) is 0 Å². The summed E-state index contributed by atoms with van der Waals surface area (Å²) in [6.45, 7) is 3.14. The van der Waals surface area contributed by atoms with E-state index in [2.05, 4.69) is 17.1 Å². The predicted molar refractivity (Wildman–Crippen MR) is 72.7 cm³/mol. The number of rotatable bonds is 1. The van der Waals surface area contributed by atoms with E-state index < -0.39 is 5.38 Å². The lowest BCUT2D eigenvalue weighted by Gasteiger charge is -2.28. The molecule has 3 nitrogen and oxygen atoms in total. The van der Waals surface area contributed by atoms with Crippen molar-refractivity contribution in [2.75, 3.05) is 6.54 Å². The van der Waals surface area contributed by atoms with Crippen LogP contribution in [0.3, 0.4) is 0 Å². The maximum Gasteiger partial charge on any atom is 0.240 e. The molecule has 0 saturated heterocycles. The molecular weight excluding hydrogens is 248 g/mol. The molecule has 2 aromatic rings.